The number of hydrogen-bond donors (Lipinski definition) is 0. The number of hydrogen-bond acceptors (Lipinski definition) is 4. The molecule has 5 heteroatoms. The maximum atomic E-state index is 13.6. The fraction of sp³-hybridized carbons (Fsp3) is 0.100. The Morgan fingerprint density at radius 2 is 1.60 bits per heavy atom. The van der Waals surface area contributed by atoms with E-state index >= 15 is 0 Å². The molecule has 0 aromatic heterocycles. The van der Waals surface area contributed by atoms with E-state index in [2.05, 4.69) is 21.3 Å². The van der Waals surface area contributed by atoms with E-state index in [1.807, 2.05) is 30.3 Å². The standard InChI is InChI=1S/C20H15FO4/c1-24-19(22)18(20(23)25-2)13-16-12-17(21)11-10-15(16)9-8-14-6-4-3-5-7-14/h3-7,10-13H,1-2H3. The van der Waals surface area contributed by atoms with Crippen LogP contribution in [0.25, 0.3) is 6.08 Å². The summed E-state index contributed by atoms with van der Waals surface area (Å²) in [5.41, 5.74) is 1.16. The molecule has 0 heterocycles. The largest absolute Gasteiger partial charge is 0.465 e. The summed E-state index contributed by atoms with van der Waals surface area (Å²) in [6, 6.07) is 13.1. The number of halogens is 1. The second-order valence-corrected chi connectivity index (χ2v) is 4.89. The molecule has 25 heavy (non-hydrogen) atoms. The molecular formula is C20H15FO4. The smallest absolute Gasteiger partial charge is 0.345 e. The first kappa shape index (κ1) is 18.0. The van der Waals surface area contributed by atoms with Crippen LogP contribution in [0.4, 0.5) is 4.39 Å². The molecule has 2 aromatic carbocycles. The zero-order valence-electron chi connectivity index (χ0n) is 13.7. The predicted octanol–water partition coefficient (Wildman–Crippen LogP) is 2.95. The zero-order valence-corrected chi connectivity index (χ0v) is 13.7. The number of carbonyl (C=O) groups is 2. The van der Waals surface area contributed by atoms with Crippen molar-refractivity contribution >= 4 is 18.0 Å². The topological polar surface area (TPSA) is 52.6 Å². The van der Waals surface area contributed by atoms with Crippen molar-refractivity contribution in [3.8, 4) is 11.8 Å². The summed E-state index contributed by atoms with van der Waals surface area (Å²) < 4.78 is 22.8. The van der Waals surface area contributed by atoms with Crippen LogP contribution in [0, 0.1) is 17.7 Å². The molecule has 0 saturated heterocycles. The van der Waals surface area contributed by atoms with Crippen LogP contribution in [-0.2, 0) is 19.1 Å². The van der Waals surface area contributed by atoms with Gasteiger partial charge in [0.25, 0.3) is 0 Å². The lowest BCUT2D eigenvalue weighted by Gasteiger charge is -2.05. The van der Waals surface area contributed by atoms with E-state index in [-0.39, 0.29) is 11.1 Å². The number of benzene rings is 2. The second kappa shape index (κ2) is 8.46. The van der Waals surface area contributed by atoms with E-state index < -0.39 is 17.8 Å². The van der Waals surface area contributed by atoms with Crippen LogP contribution in [0.3, 0.4) is 0 Å². The molecule has 2 rings (SSSR count). The van der Waals surface area contributed by atoms with Crippen molar-refractivity contribution in [3.63, 3.8) is 0 Å². The van der Waals surface area contributed by atoms with Crippen molar-refractivity contribution in [2.45, 2.75) is 0 Å². The molecule has 0 bridgehead atoms. The van der Waals surface area contributed by atoms with Gasteiger partial charge >= 0.3 is 11.9 Å². The van der Waals surface area contributed by atoms with Crippen LogP contribution < -0.4 is 0 Å². The second-order valence-electron chi connectivity index (χ2n) is 4.89. The summed E-state index contributed by atoms with van der Waals surface area (Å²) >= 11 is 0. The van der Waals surface area contributed by atoms with Gasteiger partial charge in [0.2, 0.25) is 0 Å². The lowest BCUT2D eigenvalue weighted by molar-refractivity contribution is -0.143. The summed E-state index contributed by atoms with van der Waals surface area (Å²) in [6.07, 6.45) is 1.20. The van der Waals surface area contributed by atoms with Crippen molar-refractivity contribution in [2.75, 3.05) is 14.2 Å². The SMILES string of the molecule is COC(=O)C(=Cc1cc(F)ccc1C#Cc1ccccc1)C(=O)OC. The molecule has 0 fully saturated rings. The van der Waals surface area contributed by atoms with E-state index in [4.69, 9.17) is 0 Å². The Morgan fingerprint density at radius 1 is 0.960 bits per heavy atom. The maximum Gasteiger partial charge on any atom is 0.345 e. The van der Waals surface area contributed by atoms with Crippen LogP contribution in [0.15, 0.2) is 54.1 Å². The molecule has 4 nitrogen and oxygen atoms in total. The van der Waals surface area contributed by atoms with Gasteiger partial charge in [0, 0.05) is 11.1 Å². The van der Waals surface area contributed by atoms with E-state index in [9.17, 15) is 14.0 Å². The fourth-order valence-electron chi connectivity index (χ4n) is 2.00. The van der Waals surface area contributed by atoms with E-state index in [0.717, 1.165) is 19.8 Å². The van der Waals surface area contributed by atoms with Crippen molar-refractivity contribution in [3.05, 3.63) is 76.6 Å². The number of rotatable bonds is 3. The van der Waals surface area contributed by atoms with Crippen molar-refractivity contribution in [1.82, 2.24) is 0 Å². The van der Waals surface area contributed by atoms with Gasteiger partial charge in [-0.25, -0.2) is 14.0 Å². The molecule has 126 valence electrons. The average Bonchev–Trinajstić information content (AvgIpc) is 2.65. The first-order valence-electron chi connectivity index (χ1n) is 7.30. The number of esters is 2. The lowest BCUT2D eigenvalue weighted by atomic mass is 10.0. The zero-order chi connectivity index (χ0) is 18.2. The summed E-state index contributed by atoms with van der Waals surface area (Å²) in [5.74, 6) is 3.58. The molecule has 0 spiro atoms. The molecule has 0 amide bonds. The fourth-order valence-corrected chi connectivity index (χ4v) is 2.00. The minimum absolute atomic E-state index is 0.272. The first-order chi connectivity index (χ1) is 12.0. The molecule has 0 unspecified atom stereocenters. The predicted molar refractivity (Wildman–Crippen MR) is 90.8 cm³/mol. The molecule has 0 atom stereocenters. The Bertz CT molecular complexity index is 856. The van der Waals surface area contributed by atoms with E-state index in [1.54, 1.807) is 0 Å². The molecule has 0 N–H and O–H groups in total. The molecule has 0 aliphatic heterocycles. The van der Waals surface area contributed by atoms with Crippen molar-refractivity contribution in [1.29, 1.82) is 0 Å². The van der Waals surface area contributed by atoms with Gasteiger partial charge in [0.15, 0.2) is 0 Å². The highest BCUT2D eigenvalue weighted by molar-refractivity contribution is 6.17. The first-order valence-corrected chi connectivity index (χ1v) is 7.30. The van der Waals surface area contributed by atoms with Crippen LogP contribution in [0.2, 0.25) is 0 Å². The number of ether oxygens (including phenoxy) is 2. The monoisotopic (exact) mass is 338 g/mol. The molecule has 0 saturated carbocycles. The molecule has 2 aromatic rings. The lowest BCUT2D eigenvalue weighted by Crippen LogP contribution is -2.15. The van der Waals surface area contributed by atoms with Gasteiger partial charge in [0.05, 0.1) is 14.2 Å². The third-order valence-corrected chi connectivity index (χ3v) is 3.24. The summed E-state index contributed by atoms with van der Waals surface area (Å²) in [5, 5.41) is 0. The van der Waals surface area contributed by atoms with Gasteiger partial charge in [0.1, 0.15) is 11.4 Å². The van der Waals surface area contributed by atoms with Gasteiger partial charge < -0.3 is 9.47 Å². The molecular weight excluding hydrogens is 323 g/mol. The van der Waals surface area contributed by atoms with Gasteiger partial charge in [-0.15, -0.1) is 0 Å². The quantitative estimate of drug-likeness (QED) is 0.284. The Balaban J connectivity index is 2.51. The molecule has 0 aliphatic rings. The highest BCUT2D eigenvalue weighted by Gasteiger charge is 2.20. The Hall–Kier alpha value is -3.39. The third-order valence-electron chi connectivity index (χ3n) is 3.24. The van der Waals surface area contributed by atoms with Crippen LogP contribution in [0.1, 0.15) is 16.7 Å². The number of carbonyl (C=O) groups excluding carboxylic acids is 2. The Kier molecular flexibility index (Phi) is 6.08. The van der Waals surface area contributed by atoms with Crippen LogP contribution in [-0.4, -0.2) is 26.2 Å². The van der Waals surface area contributed by atoms with Crippen LogP contribution >= 0.6 is 0 Å². The van der Waals surface area contributed by atoms with Gasteiger partial charge in [-0.2, -0.15) is 0 Å². The minimum Gasteiger partial charge on any atom is -0.465 e. The highest BCUT2D eigenvalue weighted by atomic mass is 19.1. The third kappa shape index (κ3) is 4.79. The highest BCUT2D eigenvalue weighted by Crippen LogP contribution is 2.16. The van der Waals surface area contributed by atoms with Gasteiger partial charge in [-0.1, -0.05) is 30.0 Å². The van der Waals surface area contributed by atoms with Crippen molar-refractivity contribution in [2.24, 2.45) is 0 Å². The minimum atomic E-state index is -0.877. The van der Waals surface area contributed by atoms with Crippen LogP contribution in [0.5, 0.6) is 0 Å². The van der Waals surface area contributed by atoms with Crippen molar-refractivity contribution < 1.29 is 23.5 Å². The maximum absolute atomic E-state index is 13.6. The van der Waals surface area contributed by atoms with Gasteiger partial charge in [-0.05, 0) is 42.0 Å². The Morgan fingerprint density at radius 3 is 2.20 bits per heavy atom. The van der Waals surface area contributed by atoms with E-state index in [1.165, 1.54) is 24.3 Å². The normalized spacial score (nSPS) is 9.40. The molecule has 0 aliphatic carbocycles. The van der Waals surface area contributed by atoms with E-state index in [0.29, 0.717) is 5.56 Å². The molecule has 0 radical (unpaired) electrons. The summed E-state index contributed by atoms with van der Waals surface area (Å²) in [7, 11) is 2.28. The Labute approximate surface area is 144 Å². The summed E-state index contributed by atoms with van der Waals surface area (Å²) in [6.45, 7) is 0. The number of methoxy groups -OCH3 is 2. The van der Waals surface area contributed by atoms with Gasteiger partial charge in [-0.3, -0.25) is 0 Å². The summed E-state index contributed by atoms with van der Waals surface area (Å²) in [4.78, 5) is 23.5. The average molecular weight is 338 g/mol.